The molecule has 0 aliphatic heterocycles. The number of rotatable bonds is 5. The monoisotopic (exact) mass is 342 g/mol. The van der Waals surface area contributed by atoms with Crippen molar-refractivity contribution < 1.29 is 31.6 Å². The number of fused-ring (bicyclic) bond motifs is 4. The molecule has 0 spiro atoms. The lowest BCUT2D eigenvalue weighted by molar-refractivity contribution is -0.215. The third-order valence-electron chi connectivity index (χ3n) is 4.78. The fourth-order valence-corrected chi connectivity index (χ4v) is 4.44. The molecule has 3 aliphatic rings. The second kappa shape index (κ2) is 5.96. The molecule has 0 aromatic heterocycles. The highest BCUT2D eigenvalue weighted by Crippen LogP contribution is 2.48. The topological polar surface area (TPSA) is 83.8 Å². The third-order valence-corrected chi connectivity index (χ3v) is 5.70. The van der Waals surface area contributed by atoms with Crippen LogP contribution in [-0.2, 0) is 14.9 Å². The summed E-state index contributed by atoms with van der Waals surface area (Å²) < 4.78 is 61.7. The molecule has 2 N–H and O–H groups in total. The Hall–Kier alpha value is -0.310. The maximum Gasteiger partial charge on any atom is 0.374 e. The first-order valence-corrected chi connectivity index (χ1v) is 9.05. The zero-order chi connectivity index (χ0) is 16.8. The van der Waals surface area contributed by atoms with E-state index in [-0.39, 0.29) is 0 Å². The van der Waals surface area contributed by atoms with Crippen molar-refractivity contribution in [3.05, 3.63) is 0 Å². The summed E-state index contributed by atoms with van der Waals surface area (Å²) in [5.74, 6) is 1.56. The van der Waals surface area contributed by atoms with Gasteiger partial charge in [-0.2, -0.15) is 17.2 Å². The summed E-state index contributed by atoms with van der Waals surface area (Å²) in [7, 11) is -5.56. The Morgan fingerprint density at radius 1 is 1.27 bits per heavy atom. The van der Waals surface area contributed by atoms with Gasteiger partial charge in [0.25, 0.3) is 0 Å². The van der Waals surface area contributed by atoms with E-state index in [1.807, 2.05) is 0 Å². The number of aliphatic hydroxyl groups excluding tert-OH is 1. The number of alkyl halides is 2. The van der Waals surface area contributed by atoms with Gasteiger partial charge in [0.2, 0.25) is 0 Å². The number of aliphatic hydroxyl groups is 1. The third kappa shape index (κ3) is 4.15. The number of ether oxygens (including phenoxy) is 1. The molecular formula is C14H24F2O5S. The first kappa shape index (κ1) is 18.0. The molecule has 0 saturated heterocycles. The van der Waals surface area contributed by atoms with Gasteiger partial charge < -0.3 is 9.84 Å². The smallest absolute Gasteiger partial charge is 0.368 e. The van der Waals surface area contributed by atoms with E-state index in [1.165, 1.54) is 0 Å². The number of hydrogen-bond acceptors (Lipinski definition) is 4. The molecule has 3 rings (SSSR count). The van der Waals surface area contributed by atoms with E-state index in [9.17, 15) is 22.3 Å². The minimum Gasteiger partial charge on any atom is -0.368 e. The normalized spacial score (nSPS) is 37.8. The lowest BCUT2D eigenvalue weighted by atomic mass is 9.63. The van der Waals surface area contributed by atoms with Gasteiger partial charge in [0.05, 0.1) is 12.0 Å². The molecule has 0 aromatic rings. The van der Waals surface area contributed by atoms with Gasteiger partial charge in [-0.25, -0.2) is 0 Å². The van der Waals surface area contributed by atoms with Crippen LogP contribution in [0.25, 0.3) is 0 Å². The summed E-state index contributed by atoms with van der Waals surface area (Å²) in [6.07, 6.45) is 1.15. The number of halogens is 2. The van der Waals surface area contributed by atoms with E-state index in [1.54, 1.807) is 6.92 Å². The Kier molecular flexibility index (Phi) is 4.88. The quantitative estimate of drug-likeness (QED) is 0.593. The fraction of sp³-hybridized carbons (Fsp3) is 1.00. The first-order chi connectivity index (χ1) is 9.90. The van der Waals surface area contributed by atoms with Gasteiger partial charge in [-0.05, 0) is 56.8 Å². The second-order valence-corrected chi connectivity index (χ2v) is 8.84. The Bertz CT molecular complexity index is 499. The SMILES string of the molecule is CC1CC2CC(C2)CC(C)(OC(O)CC(F)(F)S(=O)(=O)O)C1. The molecule has 5 nitrogen and oxygen atoms in total. The standard InChI is InChI=1S/C14H24F2O5S/c1-9-3-10-4-11(5-10)7-13(2,6-9)21-12(17)8-14(15,16)22(18,19)20/h9-12,17H,3-8H2,1-2H3,(H,18,19,20). The Balaban J connectivity index is 2.00. The molecule has 3 saturated carbocycles. The summed E-state index contributed by atoms with van der Waals surface area (Å²) in [6.45, 7) is 3.84. The first-order valence-electron chi connectivity index (χ1n) is 7.61. The minimum absolute atomic E-state index is 0.352. The summed E-state index contributed by atoms with van der Waals surface area (Å²) >= 11 is 0. The van der Waals surface area contributed by atoms with E-state index >= 15 is 0 Å². The highest BCUT2D eigenvalue weighted by Gasteiger charge is 2.48. The molecule has 2 bridgehead atoms. The van der Waals surface area contributed by atoms with Crippen molar-refractivity contribution >= 4 is 10.1 Å². The van der Waals surface area contributed by atoms with E-state index in [4.69, 9.17) is 9.29 Å². The maximum absolute atomic E-state index is 13.3. The van der Waals surface area contributed by atoms with Gasteiger partial charge in [0.1, 0.15) is 0 Å². The molecule has 3 aliphatic carbocycles. The molecule has 22 heavy (non-hydrogen) atoms. The van der Waals surface area contributed by atoms with Crippen LogP contribution < -0.4 is 0 Å². The molecule has 130 valence electrons. The van der Waals surface area contributed by atoms with E-state index in [0.717, 1.165) is 25.2 Å². The molecular weight excluding hydrogens is 318 g/mol. The molecule has 3 atom stereocenters. The van der Waals surface area contributed by atoms with Crippen molar-refractivity contribution in [1.82, 2.24) is 0 Å². The van der Waals surface area contributed by atoms with Crippen molar-refractivity contribution in [3.8, 4) is 0 Å². The van der Waals surface area contributed by atoms with Gasteiger partial charge in [-0.3, -0.25) is 4.55 Å². The minimum atomic E-state index is -5.56. The van der Waals surface area contributed by atoms with E-state index < -0.39 is 33.7 Å². The van der Waals surface area contributed by atoms with Gasteiger partial charge in [0.15, 0.2) is 6.29 Å². The van der Waals surface area contributed by atoms with Gasteiger partial charge >= 0.3 is 15.4 Å². The molecule has 0 amide bonds. The highest BCUT2D eigenvalue weighted by molar-refractivity contribution is 7.86. The highest BCUT2D eigenvalue weighted by atomic mass is 32.2. The zero-order valence-corrected chi connectivity index (χ0v) is 13.7. The number of hydrogen-bond donors (Lipinski definition) is 2. The Morgan fingerprint density at radius 3 is 2.41 bits per heavy atom. The van der Waals surface area contributed by atoms with Crippen LogP contribution in [-0.4, -0.2) is 35.2 Å². The van der Waals surface area contributed by atoms with Gasteiger partial charge in [-0.1, -0.05) is 6.92 Å². The zero-order valence-electron chi connectivity index (χ0n) is 12.8. The molecule has 0 radical (unpaired) electrons. The van der Waals surface area contributed by atoms with Crippen molar-refractivity contribution in [1.29, 1.82) is 0 Å². The Morgan fingerprint density at radius 2 is 1.86 bits per heavy atom. The summed E-state index contributed by atoms with van der Waals surface area (Å²) in [4.78, 5) is 0. The van der Waals surface area contributed by atoms with Crippen LogP contribution in [0, 0.1) is 17.8 Å². The summed E-state index contributed by atoms with van der Waals surface area (Å²) in [6, 6.07) is 0. The maximum atomic E-state index is 13.3. The average Bonchev–Trinajstić information content (AvgIpc) is 2.20. The van der Waals surface area contributed by atoms with Crippen LogP contribution in [0.3, 0.4) is 0 Å². The lowest BCUT2D eigenvalue weighted by Crippen LogP contribution is -2.45. The Labute approximate surface area is 129 Å². The second-order valence-electron chi connectivity index (χ2n) is 7.29. The largest absolute Gasteiger partial charge is 0.374 e. The molecule has 3 unspecified atom stereocenters. The van der Waals surface area contributed by atoms with E-state index in [2.05, 4.69) is 6.92 Å². The average molecular weight is 342 g/mol. The van der Waals surface area contributed by atoms with Crippen LogP contribution in [0.2, 0.25) is 0 Å². The molecule has 0 heterocycles. The predicted octanol–water partition coefficient (Wildman–Crippen LogP) is 2.80. The van der Waals surface area contributed by atoms with Crippen molar-refractivity contribution in [3.63, 3.8) is 0 Å². The van der Waals surface area contributed by atoms with Crippen molar-refractivity contribution in [2.24, 2.45) is 17.8 Å². The molecule has 0 aromatic carbocycles. The fourth-order valence-electron chi connectivity index (χ4n) is 4.09. The van der Waals surface area contributed by atoms with Crippen molar-refractivity contribution in [2.45, 2.75) is 69.5 Å². The van der Waals surface area contributed by atoms with Gasteiger partial charge in [0, 0.05) is 0 Å². The molecule has 3 fully saturated rings. The summed E-state index contributed by atoms with van der Waals surface area (Å²) in [5.41, 5.74) is -0.760. The van der Waals surface area contributed by atoms with E-state index in [0.29, 0.717) is 24.7 Å². The predicted molar refractivity (Wildman–Crippen MR) is 75.8 cm³/mol. The summed E-state index contributed by atoms with van der Waals surface area (Å²) in [5, 5.41) is 5.32. The van der Waals surface area contributed by atoms with Gasteiger partial charge in [-0.15, -0.1) is 0 Å². The van der Waals surface area contributed by atoms with Crippen LogP contribution in [0.5, 0.6) is 0 Å². The van der Waals surface area contributed by atoms with Crippen LogP contribution in [0.1, 0.15) is 52.4 Å². The van der Waals surface area contributed by atoms with Crippen LogP contribution in [0.4, 0.5) is 8.78 Å². The lowest BCUT2D eigenvalue weighted by Gasteiger charge is -2.47. The van der Waals surface area contributed by atoms with Crippen LogP contribution in [0.15, 0.2) is 0 Å². The molecule has 8 heteroatoms. The van der Waals surface area contributed by atoms with Crippen molar-refractivity contribution in [2.75, 3.05) is 0 Å². The van der Waals surface area contributed by atoms with Crippen LogP contribution >= 0.6 is 0 Å².